The number of amides is 1. The summed E-state index contributed by atoms with van der Waals surface area (Å²) in [6.07, 6.45) is 3.80. The first-order valence-electron chi connectivity index (χ1n) is 9.87. The van der Waals surface area contributed by atoms with Gasteiger partial charge < -0.3 is 4.74 Å². The van der Waals surface area contributed by atoms with Crippen LogP contribution in [0, 0.1) is 0 Å². The first-order chi connectivity index (χ1) is 14.5. The van der Waals surface area contributed by atoms with Gasteiger partial charge in [0.1, 0.15) is 12.4 Å². The van der Waals surface area contributed by atoms with E-state index in [0.717, 1.165) is 29.0 Å². The summed E-state index contributed by atoms with van der Waals surface area (Å²) in [5.74, 6) is 0.514. The van der Waals surface area contributed by atoms with Crippen LogP contribution in [0.25, 0.3) is 0 Å². The van der Waals surface area contributed by atoms with Crippen molar-refractivity contribution < 1.29 is 14.3 Å². The number of carbonyl (C=O) groups excluding carboxylic acids is 2. The molecule has 0 radical (unpaired) electrons. The van der Waals surface area contributed by atoms with Gasteiger partial charge in [-0.1, -0.05) is 48.0 Å². The van der Waals surface area contributed by atoms with Gasteiger partial charge in [0.05, 0.1) is 15.7 Å². The van der Waals surface area contributed by atoms with E-state index in [4.69, 9.17) is 27.9 Å². The third kappa shape index (κ3) is 3.90. The van der Waals surface area contributed by atoms with E-state index in [-0.39, 0.29) is 24.0 Å². The van der Waals surface area contributed by atoms with Gasteiger partial charge in [-0.2, -0.15) is 0 Å². The minimum atomic E-state index is -0.257. The molecule has 6 heteroatoms. The van der Waals surface area contributed by atoms with Crippen molar-refractivity contribution in [3.8, 4) is 5.75 Å². The molecule has 0 saturated carbocycles. The summed E-state index contributed by atoms with van der Waals surface area (Å²) in [4.78, 5) is 27.8. The largest absolute Gasteiger partial charge is 0.490 e. The fourth-order valence-corrected chi connectivity index (χ4v) is 4.45. The van der Waals surface area contributed by atoms with Crippen molar-refractivity contribution in [2.45, 2.75) is 31.6 Å². The molecule has 1 atom stereocenters. The lowest BCUT2D eigenvalue weighted by atomic mass is 9.77. The van der Waals surface area contributed by atoms with Crippen LogP contribution in [0.15, 0.2) is 66.4 Å². The summed E-state index contributed by atoms with van der Waals surface area (Å²) in [7, 11) is 0. The van der Waals surface area contributed by atoms with E-state index in [1.807, 2.05) is 24.3 Å². The van der Waals surface area contributed by atoms with Crippen molar-refractivity contribution in [2.75, 3.05) is 11.5 Å². The molecule has 30 heavy (non-hydrogen) atoms. The lowest BCUT2D eigenvalue weighted by molar-refractivity contribution is -0.119. The van der Waals surface area contributed by atoms with E-state index in [1.54, 1.807) is 29.2 Å². The average molecular weight is 442 g/mol. The number of carbonyl (C=O) groups is 2. The Bertz CT molecular complexity index is 1040. The molecule has 154 valence electrons. The number of allylic oxidation sites excluding steroid dienone is 2. The van der Waals surface area contributed by atoms with Crippen molar-refractivity contribution in [3.05, 3.63) is 82.0 Å². The molecule has 1 unspecified atom stereocenters. The number of nitrogens with zero attached hydrogens (tertiary/aromatic N) is 1. The number of hydrogen-bond acceptors (Lipinski definition) is 3. The molecule has 2 aromatic rings. The summed E-state index contributed by atoms with van der Waals surface area (Å²) in [6, 6.07) is 12.7. The number of ether oxygens (including phenoxy) is 1. The van der Waals surface area contributed by atoms with Crippen molar-refractivity contribution in [1.29, 1.82) is 0 Å². The highest BCUT2D eigenvalue weighted by Gasteiger charge is 2.39. The number of anilines is 1. The minimum Gasteiger partial charge on any atom is -0.490 e. The van der Waals surface area contributed by atoms with Crippen molar-refractivity contribution in [3.63, 3.8) is 0 Å². The van der Waals surface area contributed by atoms with Gasteiger partial charge in [-0.25, -0.2) is 0 Å². The molecule has 2 aromatic carbocycles. The third-order valence-corrected chi connectivity index (χ3v) is 6.23. The molecule has 0 saturated heterocycles. The number of halogens is 2. The Morgan fingerprint density at radius 2 is 1.83 bits per heavy atom. The fourth-order valence-electron chi connectivity index (χ4n) is 4.15. The van der Waals surface area contributed by atoms with E-state index in [2.05, 4.69) is 6.58 Å². The zero-order chi connectivity index (χ0) is 21.3. The van der Waals surface area contributed by atoms with E-state index < -0.39 is 0 Å². The molecule has 4 rings (SSSR count). The molecular formula is C24H21Cl2NO3. The van der Waals surface area contributed by atoms with Gasteiger partial charge in [0, 0.05) is 30.0 Å². The smallest absolute Gasteiger partial charge is 0.232 e. The van der Waals surface area contributed by atoms with E-state index in [0.29, 0.717) is 35.2 Å². The predicted molar refractivity (Wildman–Crippen MR) is 119 cm³/mol. The summed E-state index contributed by atoms with van der Waals surface area (Å²) < 4.78 is 5.55. The summed E-state index contributed by atoms with van der Waals surface area (Å²) in [5, 5.41) is 0.805. The number of rotatable bonds is 5. The Balaban J connectivity index is 1.75. The summed E-state index contributed by atoms with van der Waals surface area (Å²) in [6.45, 7) is 4.07. The maximum absolute atomic E-state index is 13.2. The van der Waals surface area contributed by atoms with Crippen LogP contribution in [0.2, 0.25) is 10.0 Å². The van der Waals surface area contributed by atoms with Crippen molar-refractivity contribution in [2.24, 2.45) is 0 Å². The molecule has 0 aromatic heterocycles. The van der Waals surface area contributed by atoms with Crippen LogP contribution >= 0.6 is 23.2 Å². The monoisotopic (exact) mass is 441 g/mol. The second kappa shape index (κ2) is 8.66. The van der Waals surface area contributed by atoms with Crippen LogP contribution in [0.4, 0.5) is 5.69 Å². The Morgan fingerprint density at radius 1 is 1.07 bits per heavy atom. The molecule has 0 bridgehead atoms. The molecule has 0 N–H and O–H groups in total. The van der Waals surface area contributed by atoms with E-state index in [9.17, 15) is 9.59 Å². The maximum Gasteiger partial charge on any atom is 0.232 e. The average Bonchev–Trinajstić information content (AvgIpc) is 2.74. The molecule has 1 aliphatic carbocycles. The normalized spacial score (nSPS) is 19.0. The maximum atomic E-state index is 13.2. The SMILES string of the molecule is C=CCOc1ccc(C2CC(=O)N(c3ccc(Cl)c(Cl)c3)C3=C2C(=O)CCC3)cc1. The van der Waals surface area contributed by atoms with Gasteiger partial charge in [-0.3, -0.25) is 14.5 Å². The van der Waals surface area contributed by atoms with E-state index >= 15 is 0 Å². The first-order valence-corrected chi connectivity index (χ1v) is 10.6. The number of benzene rings is 2. The highest BCUT2D eigenvalue weighted by Crippen LogP contribution is 2.44. The molecule has 2 aliphatic rings. The second-order valence-corrected chi connectivity index (χ2v) is 8.20. The Kier molecular flexibility index (Phi) is 5.98. The van der Waals surface area contributed by atoms with Crippen molar-refractivity contribution >= 4 is 40.6 Å². The molecular weight excluding hydrogens is 421 g/mol. The van der Waals surface area contributed by atoms with E-state index in [1.165, 1.54) is 0 Å². The number of Topliss-reactive ketones (excluding diaryl/α,β-unsaturated/α-hetero) is 1. The standard InChI is InChI=1S/C24H21Cl2NO3/c1-2-12-30-17-9-6-15(7-10-17)18-14-23(29)27(16-8-11-19(25)20(26)13-16)21-4-3-5-22(28)24(18)21/h2,6-11,13,18H,1,3-5,12,14H2. The topological polar surface area (TPSA) is 46.6 Å². The molecule has 0 spiro atoms. The summed E-state index contributed by atoms with van der Waals surface area (Å²) >= 11 is 12.2. The highest BCUT2D eigenvalue weighted by atomic mass is 35.5. The van der Waals surface area contributed by atoms with Crippen LogP contribution in [0.5, 0.6) is 5.75 Å². The van der Waals surface area contributed by atoms with Gasteiger partial charge in [0.25, 0.3) is 0 Å². The molecule has 1 heterocycles. The lowest BCUT2D eigenvalue weighted by Gasteiger charge is -2.38. The van der Waals surface area contributed by atoms with Crippen LogP contribution < -0.4 is 9.64 Å². The number of hydrogen-bond donors (Lipinski definition) is 0. The zero-order valence-corrected chi connectivity index (χ0v) is 17.9. The zero-order valence-electron chi connectivity index (χ0n) is 16.4. The quantitative estimate of drug-likeness (QED) is 0.527. The molecule has 0 fully saturated rings. The Labute approximate surface area is 185 Å². The van der Waals surface area contributed by atoms with Gasteiger partial charge in [0.2, 0.25) is 5.91 Å². The van der Waals surface area contributed by atoms with Crippen LogP contribution in [0.1, 0.15) is 37.2 Å². The summed E-state index contributed by atoms with van der Waals surface area (Å²) in [5.41, 5.74) is 3.08. The fraction of sp³-hybridized carbons (Fsp3) is 0.250. The van der Waals surface area contributed by atoms with Gasteiger partial charge in [-0.05, 0) is 48.7 Å². The van der Waals surface area contributed by atoms with Gasteiger partial charge in [-0.15, -0.1) is 0 Å². The molecule has 4 nitrogen and oxygen atoms in total. The Morgan fingerprint density at radius 3 is 2.53 bits per heavy atom. The second-order valence-electron chi connectivity index (χ2n) is 7.39. The highest BCUT2D eigenvalue weighted by molar-refractivity contribution is 6.42. The molecule has 1 aliphatic heterocycles. The Hall–Kier alpha value is -2.56. The number of ketones is 1. The molecule has 1 amide bonds. The predicted octanol–water partition coefficient (Wildman–Crippen LogP) is 6.09. The van der Waals surface area contributed by atoms with Crippen LogP contribution in [-0.2, 0) is 9.59 Å². The van der Waals surface area contributed by atoms with Gasteiger partial charge in [0.15, 0.2) is 5.78 Å². The van der Waals surface area contributed by atoms with Crippen molar-refractivity contribution in [1.82, 2.24) is 0 Å². The minimum absolute atomic E-state index is 0.0566. The lowest BCUT2D eigenvalue weighted by Crippen LogP contribution is -2.40. The van der Waals surface area contributed by atoms with Crippen LogP contribution in [-0.4, -0.2) is 18.3 Å². The van der Waals surface area contributed by atoms with Crippen LogP contribution in [0.3, 0.4) is 0 Å². The van der Waals surface area contributed by atoms with Gasteiger partial charge >= 0.3 is 0 Å². The third-order valence-electron chi connectivity index (χ3n) is 5.49. The first kappa shape index (κ1) is 20.7.